The van der Waals surface area contributed by atoms with E-state index in [0.717, 1.165) is 16.5 Å². The van der Waals surface area contributed by atoms with Gasteiger partial charge in [-0.15, -0.1) is 0 Å². The van der Waals surface area contributed by atoms with Crippen molar-refractivity contribution in [2.45, 2.75) is 18.9 Å². The van der Waals surface area contributed by atoms with Crippen molar-refractivity contribution in [1.82, 2.24) is 15.6 Å². The first-order valence-electron chi connectivity index (χ1n) is 8.82. The van der Waals surface area contributed by atoms with Crippen LogP contribution in [0.15, 0.2) is 53.3 Å². The van der Waals surface area contributed by atoms with Crippen LogP contribution < -0.4 is 10.6 Å². The maximum atomic E-state index is 12.2. The van der Waals surface area contributed by atoms with Gasteiger partial charge in [0.15, 0.2) is 5.76 Å². The summed E-state index contributed by atoms with van der Waals surface area (Å²) < 4.78 is 9.80. The van der Waals surface area contributed by atoms with Gasteiger partial charge in [0.05, 0.1) is 13.4 Å². The molecule has 0 unspecified atom stereocenters. The molecule has 3 rings (SSSR count). The Bertz CT molecular complexity index is 961. The van der Waals surface area contributed by atoms with Crippen LogP contribution in [0.5, 0.6) is 0 Å². The van der Waals surface area contributed by atoms with E-state index in [4.69, 9.17) is 9.15 Å². The fraction of sp³-hybridized carbons (Fsp3) is 0.250. The number of aromatic amines is 1. The van der Waals surface area contributed by atoms with Gasteiger partial charge in [-0.05, 0) is 23.8 Å². The molecule has 3 N–H and O–H groups in total. The second kappa shape index (κ2) is 8.90. The number of amides is 2. The van der Waals surface area contributed by atoms with E-state index >= 15 is 0 Å². The molecule has 1 aromatic carbocycles. The predicted octanol–water partition coefficient (Wildman–Crippen LogP) is 1.78. The summed E-state index contributed by atoms with van der Waals surface area (Å²) in [5.41, 5.74) is 1.85. The molecule has 146 valence electrons. The number of nitrogens with one attached hydrogen (secondary N) is 3. The number of hydrogen-bond acceptors (Lipinski definition) is 5. The summed E-state index contributed by atoms with van der Waals surface area (Å²) in [6, 6.07) is 10.0. The van der Waals surface area contributed by atoms with E-state index in [1.807, 2.05) is 30.5 Å². The average Bonchev–Trinajstić information content (AvgIpc) is 3.37. The summed E-state index contributed by atoms with van der Waals surface area (Å²) in [5.74, 6) is -1.12. The second-order valence-electron chi connectivity index (χ2n) is 6.19. The minimum Gasteiger partial charge on any atom is -0.467 e. The van der Waals surface area contributed by atoms with Crippen molar-refractivity contribution >= 4 is 28.7 Å². The summed E-state index contributed by atoms with van der Waals surface area (Å²) in [5, 5.41) is 6.25. The number of carbonyl (C=O) groups is 3. The molecule has 0 aliphatic rings. The van der Waals surface area contributed by atoms with E-state index in [0.29, 0.717) is 6.42 Å². The maximum Gasteiger partial charge on any atom is 0.328 e. The van der Waals surface area contributed by atoms with Gasteiger partial charge in [-0.2, -0.15) is 0 Å². The van der Waals surface area contributed by atoms with Gasteiger partial charge < -0.3 is 24.8 Å². The number of esters is 1. The number of carbonyl (C=O) groups excluding carboxylic acids is 3. The summed E-state index contributed by atoms with van der Waals surface area (Å²) in [6.07, 6.45) is 3.53. The van der Waals surface area contributed by atoms with Crippen molar-refractivity contribution in [3.63, 3.8) is 0 Å². The highest BCUT2D eigenvalue weighted by molar-refractivity contribution is 5.92. The second-order valence-corrected chi connectivity index (χ2v) is 6.19. The van der Waals surface area contributed by atoms with Crippen LogP contribution in [0.2, 0.25) is 0 Å². The van der Waals surface area contributed by atoms with Gasteiger partial charge in [0.1, 0.15) is 6.04 Å². The molecule has 0 saturated carbocycles. The third kappa shape index (κ3) is 4.59. The van der Waals surface area contributed by atoms with Gasteiger partial charge in [0.2, 0.25) is 5.91 Å². The molecule has 2 heterocycles. The van der Waals surface area contributed by atoms with Gasteiger partial charge in [0.25, 0.3) is 5.91 Å². The first-order chi connectivity index (χ1) is 13.6. The molecule has 3 aromatic rings. The molecular weight excluding hydrogens is 362 g/mol. The van der Waals surface area contributed by atoms with Crippen molar-refractivity contribution in [3.05, 3.63) is 60.2 Å². The SMILES string of the molecule is COC(=O)[C@H](Cc1c[nH]c2ccccc12)NC(=O)CCNC(=O)c1ccco1. The van der Waals surface area contributed by atoms with E-state index in [-0.39, 0.29) is 24.6 Å². The summed E-state index contributed by atoms with van der Waals surface area (Å²) in [4.78, 5) is 39.3. The van der Waals surface area contributed by atoms with E-state index in [9.17, 15) is 14.4 Å². The van der Waals surface area contributed by atoms with Crippen LogP contribution in [0.25, 0.3) is 10.9 Å². The Kier molecular flexibility index (Phi) is 6.11. The Labute approximate surface area is 161 Å². The van der Waals surface area contributed by atoms with Crippen LogP contribution in [0.4, 0.5) is 0 Å². The van der Waals surface area contributed by atoms with E-state index in [1.54, 1.807) is 6.07 Å². The molecule has 1 atom stereocenters. The third-order valence-corrected chi connectivity index (χ3v) is 4.30. The Morgan fingerprint density at radius 3 is 2.75 bits per heavy atom. The number of methoxy groups -OCH3 is 1. The largest absolute Gasteiger partial charge is 0.467 e. The van der Waals surface area contributed by atoms with Crippen molar-refractivity contribution in [1.29, 1.82) is 0 Å². The lowest BCUT2D eigenvalue weighted by molar-refractivity contribution is -0.145. The lowest BCUT2D eigenvalue weighted by Crippen LogP contribution is -2.44. The Hall–Kier alpha value is -3.55. The van der Waals surface area contributed by atoms with Crippen LogP contribution in [0, 0.1) is 0 Å². The first-order valence-corrected chi connectivity index (χ1v) is 8.82. The number of H-pyrrole nitrogens is 1. The third-order valence-electron chi connectivity index (χ3n) is 4.30. The topological polar surface area (TPSA) is 113 Å². The molecule has 0 spiro atoms. The minimum absolute atomic E-state index is 0.0217. The van der Waals surface area contributed by atoms with Crippen LogP contribution in [-0.2, 0) is 20.7 Å². The smallest absolute Gasteiger partial charge is 0.328 e. The Balaban J connectivity index is 1.57. The van der Waals surface area contributed by atoms with Crippen molar-refractivity contribution < 1.29 is 23.5 Å². The van der Waals surface area contributed by atoms with Crippen molar-refractivity contribution in [2.75, 3.05) is 13.7 Å². The summed E-state index contributed by atoms with van der Waals surface area (Å²) in [6.45, 7) is 0.117. The maximum absolute atomic E-state index is 12.2. The summed E-state index contributed by atoms with van der Waals surface area (Å²) in [7, 11) is 1.28. The van der Waals surface area contributed by atoms with Crippen LogP contribution in [0.3, 0.4) is 0 Å². The van der Waals surface area contributed by atoms with E-state index < -0.39 is 17.9 Å². The van der Waals surface area contributed by atoms with Gasteiger partial charge in [-0.3, -0.25) is 9.59 Å². The molecule has 8 heteroatoms. The number of fused-ring (bicyclic) bond motifs is 1. The van der Waals surface area contributed by atoms with E-state index in [1.165, 1.54) is 19.4 Å². The molecule has 28 heavy (non-hydrogen) atoms. The number of hydrogen-bond donors (Lipinski definition) is 3. The Morgan fingerprint density at radius 2 is 2.00 bits per heavy atom. The predicted molar refractivity (Wildman–Crippen MR) is 102 cm³/mol. The molecule has 2 aromatic heterocycles. The van der Waals surface area contributed by atoms with Crippen LogP contribution >= 0.6 is 0 Å². The zero-order valence-electron chi connectivity index (χ0n) is 15.4. The number of para-hydroxylation sites is 1. The molecule has 0 fully saturated rings. The zero-order valence-corrected chi connectivity index (χ0v) is 15.4. The zero-order chi connectivity index (χ0) is 19.9. The highest BCUT2D eigenvalue weighted by Gasteiger charge is 2.23. The van der Waals surface area contributed by atoms with Crippen LogP contribution in [-0.4, -0.2) is 42.5 Å². The number of benzene rings is 1. The lowest BCUT2D eigenvalue weighted by atomic mass is 10.0. The van der Waals surface area contributed by atoms with Crippen molar-refractivity contribution in [2.24, 2.45) is 0 Å². The van der Waals surface area contributed by atoms with Gasteiger partial charge in [0, 0.05) is 36.5 Å². The molecular formula is C20H21N3O5. The molecule has 8 nitrogen and oxygen atoms in total. The minimum atomic E-state index is -0.822. The summed E-state index contributed by atoms with van der Waals surface area (Å²) >= 11 is 0. The van der Waals surface area contributed by atoms with Gasteiger partial charge in [-0.25, -0.2) is 4.79 Å². The molecule has 0 radical (unpaired) electrons. The van der Waals surface area contributed by atoms with Crippen molar-refractivity contribution in [3.8, 4) is 0 Å². The molecule has 0 aliphatic carbocycles. The average molecular weight is 383 g/mol. The molecule has 0 bridgehead atoms. The lowest BCUT2D eigenvalue weighted by Gasteiger charge is -2.16. The number of rotatable bonds is 8. The number of furan rings is 1. The fourth-order valence-corrected chi connectivity index (χ4v) is 2.91. The van der Waals surface area contributed by atoms with E-state index in [2.05, 4.69) is 15.6 Å². The Morgan fingerprint density at radius 1 is 1.18 bits per heavy atom. The molecule has 2 amide bonds. The monoisotopic (exact) mass is 383 g/mol. The number of aromatic nitrogens is 1. The highest BCUT2D eigenvalue weighted by atomic mass is 16.5. The molecule has 0 aliphatic heterocycles. The molecule has 0 saturated heterocycles. The van der Waals surface area contributed by atoms with Gasteiger partial charge in [-0.1, -0.05) is 18.2 Å². The van der Waals surface area contributed by atoms with Gasteiger partial charge >= 0.3 is 5.97 Å². The number of ether oxygens (including phenoxy) is 1. The van der Waals surface area contributed by atoms with Crippen LogP contribution in [0.1, 0.15) is 22.5 Å². The highest BCUT2D eigenvalue weighted by Crippen LogP contribution is 2.19. The fourth-order valence-electron chi connectivity index (χ4n) is 2.91. The standard InChI is InChI=1S/C20H21N3O5/c1-27-20(26)16(11-13-12-22-15-6-3-2-5-14(13)15)23-18(24)8-9-21-19(25)17-7-4-10-28-17/h2-7,10,12,16,22H,8-9,11H2,1H3,(H,21,25)(H,23,24)/t16-/m0/s1. The normalized spacial score (nSPS) is 11.8. The first kappa shape index (κ1) is 19.2. The quantitative estimate of drug-likeness (QED) is 0.513.